The van der Waals surface area contributed by atoms with Crippen LogP contribution in [0.4, 0.5) is 0 Å². The van der Waals surface area contributed by atoms with Crippen molar-refractivity contribution in [3.8, 4) is 0 Å². The van der Waals surface area contributed by atoms with E-state index in [-0.39, 0.29) is 0 Å². The number of unbranched alkanes of at least 4 members (excludes halogenated alkanes) is 1. The lowest BCUT2D eigenvalue weighted by Gasteiger charge is -2.23. The number of rotatable bonds is 9. The summed E-state index contributed by atoms with van der Waals surface area (Å²) in [6, 6.07) is 0.699. The normalized spacial score (nSPS) is 13.1. The van der Waals surface area contributed by atoms with E-state index in [1.807, 2.05) is 6.08 Å². The Kier molecular flexibility index (Phi) is 9.00. The SMILES string of the molecule is C=CCCCNCCN(C)C(C)CC. The van der Waals surface area contributed by atoms with Crippen LogP contribution in [0.5, 0.6) is 0 Å². The van der Waals surface area contributed by atoms with Gasteiger partial charge in [-0.1, -0.05) is 13.0 Å². The van der Waals surface area contributed by atoms with Crippen molar-refractivity contribution in [1.29, 1.82) is 0 Å². The molecule has 1 N–H and O–H groups in total. The van der Waals surface area contributed by atoms with Crippen LogP contribution in [0.15, 0.2) is 12.7 Å². The molecule has 84 valence electrons. The lowest BCUT2D eigenvalue weighted by Crippen LogP contribution is -2.35. The van der Waals surface area contributed by atoms with E-state index in [1.165, 1.54) is 12.8 Å². The van der Waals surface area contributed by atoms with Gasteiger partial charge in [0.05, 0.1) is 0 Å². The van der Waals surface area contributed by atoms with E-state index in [1.54, 1.807) is 0 Å². The molecule has 0 bridgehead atoms. The van der Waals surface area contributed by atoms with Gasteiger partial charge in [0, 0.05) is 19.1 Å². The Morgan fingerprint density at radius 1 is 1.43 bits per heavy atom. The van der Waals surface area contributed by atoms with Crippen LogP contribution in [-0.2, 0) is 0 Å². The Morgan fingerprint density at radius 2 is 2.14 bits per heavy atom. The zero-order chi connectivity index (χ0) is 10.8. The fourth-order valence-electron chi connectivity index (χ4n) is 1.28. The maximum atomic E-state index is 3.70. The molecule has 0 aliphatic heterocycles. The molecule has 0 radical (unpaired) electrons. The first kappa shape index (κ1) is 13.7. The third-order valence-electron chi connectivity index (χ3n) is 2.75. The first-order chi connectivity index (χ1) is 6.72. The zero-order valence-corrected chi connectivity index (χ0v) is 10.1. The molecule has 0 spiro atoms. The van der Waals surface area contributed by atoms with Gasteiger partial charge in [0.2, 0.25) is 0 Å². The number of allylic oxidation sites excluding steroid dienone is 1. The van der Waals surface area contributed by atoms with Crippen molar-refractivity contribution in [3.05, 3.63) is 12.7 Å². The molecule has 2 nitrogen and oxygen atoms in total. The molecule has 2 heteroatoms. The second kappa shape index (κ2) is 9.22. The van der Waals surface area contributed by atoms with Crippen LogP contribution in [0.1, 0.15) is 33.1 Å². The third-order valence-corrected chi connectivity index (χ3v) is 2.75. The molecular weight excluding hydrogens is 172 g/mol. The summed E-state index contributed by atoms with van der Waals surface area (Å²) in [6.07, 6.45) is 5.53. The number of likely N-dealkylation sites (N-methyl/N-ethyl adjacent to an activating group) is 1. The van der Waals surface area contributed by atoms with Crippen LogP contribution < -0.4 is 5.32 Å². The van der Waals surface area contributed by atoms with Gasteiger partial charge in [-0.15, -0.1) is 6.58 Å². The quantitative estimate of drug-likeness (QED) is 0.452. The second-order valence-corrected chi connectivity index (χ2v) is 3.92. The van der Waals surface area contributed by atoms with Gasteiger partial charge in [-0.2, -0.15) is 0 Å². The number of hydrogen-bond donors (Lipinski definition) is 1. The molecule has 0 aliphatic rings. The molecule has 0 rings (SSSR count). The molecule has 0 aromatic rings. The standard InChI is InChI=1S/C12H26N2/c1-5-7-8-9-13-10-11-14(4)12(3)6-2/h5,12-13H,1,6-11H2,2-4H3. The largest absolute Gasteiger partial charge is 0.315 e. The maximum absolute atomic E-state index is 3.70. The van der Waals surface area contributed by atoms with Gasteiger partial charge in [0.15, 0.2) is 0 Å². The van der Waals surface area contributed by atoms with Gasteiger partial charge >= 0.3 is 0 Å². The molecule has 14 heavy (non-hydrogen) atoms. The predicted octanol–water partition coefficient (Wildman–Crippen LogP) is 2.27. The molecule has 0 aromatic heterocycles. The summed E-state index contributed by atoms with van der Waals surface area (Å²) < 4.78 is 0. The topological polar surface area (TPSA) is 15.3 Å². The Bertz CT molecular complexity index is 134. The smallest absolute Gasteiger partial charge is 0.0107 e. The van der Waals surface area contributed by atoms with Crippen LogP contribution >= 0.6 is 0 Å². The first-order valence-electron chi connectivity index (χ1n) is 5.74. The maximum Gasteiger partial charge on any atom is 0.0107 e. The third kappa shape index (κ3) is 7.10. The number of nitrogens with zero attached hydrogens (tertiary/aromatic N) is 1. The molecular formula is C12H26N2. The van der Waals surface area contributed by atoms with E-state index < -0.39 is 0 Å². The summed E-state index contributed by atoms with van der Waals surface area (Å²) in [7, 11) is 2.19. The van der Waals surface area contributed by atoms with Gasteiger partial charge in [-0.3, -0.25) is 0 Å². The van der Waals surface area contributed by atoms with Crippen LogP contribution in [0.3, 0.4) is 0 Å². The van der Waals surface area contributed by atoms with Crippen molar-refractivity contribution in [2.75, 3.05) is 26.7 Å². The van der Waals surface area contributed by atoms with Crippen LogP contribution in [0.2, 0.25) is 0 Å². The van der Waals surface area contributed by atoms with Gasteiger partial charge in [-0.25, -0.2) is 0 Å². The summed E-state index contributed by atoms with van der Waals surface area (Å²) in [5.74, 6) is 0. The molecule has 0 saturated carbocycles. The van der Waals surface area contributed by atoms with Crippen LogP contribution in [0.25, 0.3) is 0 Å². The van der Waals surface area contributed by atoms with Crippen molar-refractivity contribution < 1.29 is 0 Å². The highest BCUT2D eigenvalue weighted by Crippen LogP contribution is 1.98. The lowest BCUT2D eigenvalue weighted by molar-refractivity contribution is 0.252. The average molecular weight is 198 g/mol. The summed E-state index contributed by atoms with van der Waals surface area (Å²) in [6.45, 7) is 11.6. The molecule has 0 aromatic carbocycles. The van der Waals surface area contributed by atoms with Crippen LogP contribution in [0, 0.1) is 0 Å². The molecule has 0 fully saturated rings. The Balaban J connectivity index is 3.22. The van der Waals surface area contributed by atoms with E-state index >= 15 is 0 Å². The molecule has 0 saturated heterocycles. The van der Waals surface area contributed by atoms with Crippen molar-refractivity contribution in [3.63, 3.8) is 0 Å². The van der Waals surface area contributed by atoms with Crippen molar-refractivity contribution >= 4 is 0 Å². The summed E-state index contributed by atoms with van der Waals surface area (Å²) in [4.78, 5) is 2.40. The molecule has 0 amide bonds. The number of hydrogen-bond acceptors (Lipinski definition) is 2. The van der Waals surface area contributed by atoms with Crippen molar-refractivity contribution in [2.24, 2.45) is 0 Å². The number of nitrogens with one attached hydrogen (secondary N) is 1. The molecule has 1 atom stereocenters. The molecule has 0 heterocycles. The monoisotopic (exact) mass is 198 g/mol. The first-order valence-corrected chi connectivity index (χ1v) is 5.74. The lowest BCUT2D eigenvalue weighted by atomic mass is 10.2. The fraction of sp³-hybridized carbons (Fsp3) is 0.833. The highest BCUT2D eigenvalue weighted by atomic mass is 15.1. The minimum Gasteiger partial charge on any atom is -0.315 e. The van der Waals surface area contributed by atoms with Crippen molar-refractivity contribution in [1.82, 2.24) is 10.2 Å². The zero-order valence-electron chi connectivity index (χ0n) is 10.1. The van der Waals surface area contributed by atoms with Crippen molar-refractivity contribution in [2.45, 2.75) is 39.2 Å². The van der Waals surface area contributed by atoms with E-state index in [0.717, 1.165) is 26.1 Å². The van der Waals surface area contributed by atoms with E-state index in [0.29, 0.717) is 6.04 Å². The van der Waals surface area contributed by atoms with Crippen LogP contribution in [-0.4, -0.2) is 37.6 Å². The van der Waals surface area contributed by atoms with E-state index in [4.69, 9.17) is 0 Å². The van der Waals surface area contributed by atoms with E-state index in [2.05, 4.69) is 37.7 Å². The predicted molar refractivity (Wildman–Crippen MR) is 64.7 cm³/mol. The minimum atomic E-state index is 0.699. The summed E-state index contributed by atoms with van der Waals surface area (Å²) in [5.41, 5.74) is 0. The minimum absolute atomic E-state index is 0.699. The Hall–Kier alpha value is -0.340. The summed E-state index contributed by atoms with van der Waals surface area (Å²) in [5, 5.41) is 3.44. The highest BCUT2D eigenvalue weighted by molar-refractivity contribution is 4.67. The fourth-order valence-corrected chi connectivity index (χ4v) is 1.28. The van der Waals surface area contributed by atoms with Gasteiger partial charge in [-0.05, 0) is 39.8 Å². The molecule has 0 aliphatic carbocycles. The van der Waals surface area contributed by atoms with Gasteiger partial charge < -0.3 is 10.2 Å². The second-order valence-electron chi connectivity index (χ2n) is 3.92. The summed E-state index contributed by atoms with van der Waals surface area (Å²) >= 11 is 0. The van der Waals surface area contributed by atoms with Gasteiger partial charge in [0.1, 0.15) is 0 Å². The van der Waals surface area contributed by atoms with E-state index in [9.17, 15) is 0 Å². The molecule has 1 unspecified atom stereocenters. The Morgan fingerprint density at radius 3 is 2.71 bits per heavy atom. The highest BCUT2D eigenvalue weighted by Gasteiger charge is 2.04. The van der Waals surface area contributed by atoms with Gasteiger partial charge in [0.25, 0.3) is 0 Å². The average Bonchev–Trinajstić information content (AvgIpc) is 2.21. The Labute approximate surface area is 89.4 Å².